The maximum absolute atomic E-state index is 13.2. The first-order valence-electron chi connectivity index (χ1n) is 5.27. The molecular weight excluding hydrogens is 212 g/mol. The molecule has 2 N–H and O–H groups in total. The van der Waals surface area contributed by atoms with Gasteiger partial charge >= 0.3 is 0 Å². The molecule has 0 saturated heterocycles. The molecule has 4 heteroatoms. The lowest BCUT2D eigenvalue weighted by atomic mass is 10.0. The Bertz CT molecular complexity index is 359. The Morgan fingerprint density at radius 3 is 2.44 bits per heavy atom. The monoisotopic (exact) mass is 227 g/mol. The summed E-state index contributed by atoms with van der Waals surface area (Å²) in [4.78, 5) is 11.5. The lowest BCUT2D eigenvalue weighted by molar-refractivity contribution is -0.119. The summed E-state index contributed by atoms with van der Waals surface area (Å²) in [6.45, 7) is 1.90. The molecule has 88 valence electrons. The minimum atomic E-state index is -0.697. The van der Waals surface area contributed by atoms with Crippen LogP contribution in [-0.4, -0.2) is 11.8 Å². The predicted octanol–water partition coefficient (Wildman–Crippen LogP) is 2.20. The van der Waals surface area contributed by atoms with Gasteiger partial charge in [0.15, 0.2) is 5.78 Å². The number of carbonyl (C=O) groups is 1. The van der Waals surface area contributed by atoms with E-state index in [4.69, 9.17) is 5.73 Å². The quantitative estimate of drug-likeness (QED) is 0.838. The van der Waals surface area contributed by atoms with E-state index in [1.807, 2.05) is 6.92 Å². The van der Waals surface area contributed by atoms with Crippen LogP contribution in [0.15, 0.2) is 18.2 Å². The van der Waals surface area contributed by atoms with Gasteiger partial charge in [-0.3, -0.25) is 4.79 Å². The summed E-state index contributed by atoms with van der Waals surface area (Å²) in [5, 5.41) is 0. The van der Waals surface area contributed by atoms with E-state index in [0.29, 0.717) is 6.42 Å². The highest BCUT2D eigenvalue weighted by atomic mass is 19.1. The van der Waals surface area contributed by atoms with E-state index >= 15 is 0 Å². The Labute approximate surface area is 93.5 Å². The molecule has 0 amide bonds. The van der Waals surface area contributed by atoms with Crippen molar-refractivity contribution in [2.45, 2.75) is 32.2 Å². The number of carbonyl (C=O) groups excluding carboxylic acids is 1. The van der Waals surface area contributed by atoms with Crippen LogP contribution in [0, 0.1) is 11.6 Å². The molecule has 1 aromatic carbocycles. The molecule has 0 aliphatic heterocycles. The van der Waals surface area contributed by atoms with Crippen molar-refractivity contribution in [2.75, 3.05) is 0 Å². The van der Waals surface area contributed by atoms with Crippen LogP contribution in [0.2, 0.25) is 0 Å². The highest BCUT2D eigenvalue weighted by molar-refractivity contribution is 5.85. The van der Waals surface area contributed by atoms with Gasteiger partial charge in [0.1, 0.15) is 11.6 Å². The van der Waals surface area contributed by atoms with Crippen molar-refractivity contribution in [2.24, 2.45) is 5.73 Å². The van der Waals surface area contributed by atoms with Crippen LogP contribution in [0.3, 0.4) is 0 Å². The van der Waals surface area contributed by atoms with Gasteiger partial charge in [0.25, 0.3) is 0 Å². The van der Waals surface area contributed by atoms with Gasteiger partial charge in [-0.2, -0.15) is 0 Å². The Morgan fingerprint density at radius 1 is 1.38 bits per heavy atom. The second-order valence-corrected chi connectivity index (χ2v) is 3.74. The molecule has 0 aliphatic carbocycles. The molecule has 0 saturated carbocycles. The maximum atomic E-state index is 13.2. The van der Waals surface area contributed by atoms with Crippen molar-refractivity contribution in [1.29, 1.82) is 0 Å². The van der Waals surface area contributed by atoms with E-state index in [2.05, 4.69) is 0 Å². The Hall–Kier alpha value is -1.29. The van der Waals surface area contributed by atoms with Crippen LogP contribution < -0.4 is 5.73 Å². The third kappa shape index (κ3) is 3.10. The van der Waals surface area contributed by atoms with Crippen LogP contribution in [0.5, 0.6) is 0 Å². The van der Waals surface area contributed by atoms with Gasteiger partial charge in [-0.25, -0.2) is 8.78 Å². The van der Waals surface area contributed by atoms with Gasteiger partial charge in [-0.05, 0) is 18.6 Å². The summed E-state index contributed by atoms with van der Waals surface area (Å²) in [7, 11) is 0. The summed E-state index contributed by atoms with van der Waals surface area (Å²) in [6, 6.07) is 2.91. The van der Waals surface area contributed by atoms with E-state index in [-0.39, 0.29) is 17.8 Å². The van der Waals surface area contributed by atoms with E-state index in [1.54, 1.807) is 0 Å². The van der Waals surface area contributed by atoms with Crippen molar-refractivity contribution in [3.63, 3.8) is 0 Å². The van der Waals surface area contributed by atoms with Crippen molar-refractivity contribution in [3.8, 4) is 0 Å². The first kappa shape index (κ1) is 12.8. The Balaban J connectivity index is 2.77. The van der Waals surface area contributed by atoms with Crippen LogP contribution in [0.25, 0.3) is 0 Å². The van der Waals surface area contributed by atoms with Gasteiger partial charge in [-0.15, -0.1) is 0 Å². The van der Waals surface area contributed by atoms with Crippen molar-refractivity contribution in [1.82, 2.24) is 0 Å². The topological polar surface area (TPSA) is 43.1 Å². The largest absolute Gasteiger partial charge is 0.321 e. The lowest BCUT2D eigenvalue weighted by Crippen LogP contribution is -2.32. The summed E-state index contributed by atoms with van der Waals surface area (Å²) in [5.41, 5.74) is 5.39. The number of hydrogen-bond acceptors (Lipinski definition) is 2. The molecule has 0 spiro atoms. The molecule has 1 unspecified atom stereocenters. The molecule has 0 radical (unpaired) electrons. The fourth-order valence-corrected chi connectivity index (χ4v) is 1.48. The Morgan fingerprint density at radius 2 is 1.94 bits per heavy atom. The SMILES string of the molecule is CCCC(N)C(=O)Cc1c(F)cccc1F. The number of hydrogen-bond donors (Lipinski definition) is 1. The molecule has 1 rings (SSSR count). The minimum absolute atomic E-state index is 0.195. The third-order valence-corrected chi connectivity index (χ3v) is 2.43. The first-order valence-corrected chi connectivity index (χ1v) is 5.27. The molecule has 0 fully saturated rings. The van der Waals surface area contributed by atoms with Crippen molar-refractivity contribution < 1.29 is 13.6 Å². The molecule has 0 bridgehead atoms. The number of ketones is 1. The lowest BCUT2D eigenvalue weighted by Gasteiger charge is -2.10. The minimum Gasteiger partial charge on any atom is -0.321 e. The van der Waals surface area contributed by atoms with Gasteiger partial charge in [0.05, 0.1) is 6.04 Å². The number of Topliss-reactive ketones (excluding diaryl/α,β-unsaturated/α-hetero) is 1. The number of halogens is 2. The summed E-state index contributed by atoms with van der Waals surface area (Å²) in [6.07, 6.45) is 1.03. The van der Waals surface area contributed by atoms with E-state index in [1.165, 1.54) is 6.07 Å². The van der Waals surface area contributed by atoms with Crippen LogP contribution in [0.4, 0.5) is 8.78 Å². The average molecular weight is 227 g/mol. The van der Waals surface area contributed by atoms with E-state index < -0.39 is 17.7 Å². The smallest absolute Gasteiger partial charge is 0.154 e. The predicted molar refractivity (Wildman–Crippen MR) is 58.0 cm³/mol. The second-order valence-electron chi connectivity index (χ2n) is 3.74. The van der Waals surface area contributed by atoms with Crippen LogP contribution >= 0.6 is 0 Å². The summed E-state index contributed by atoms with van der Waals surface area (Å²) in [5.74, 6) is -1.72. The van der Waals surface area contributed by atoms with Gasteiger partial charge < -0.3 is 5.73 Å². The number of nitrogens with two attached hydrogens (primary N) is 1. The zero-order valence-electron chi connectivity index (χ0n) is 9.17. The molecule has 0 aliphatic rings. The van der Waals surface area contributed by atoms with Crippen LogP contribution in [-0.2, 0) is 11.2 Å². The number of rotatable bonds is 5. The molecule has 1 atom stereocenters. The average Bonchev–Trinajstić information content (AvgIpc) is 2.23. The van der Waals surface area contributed by atoms with E-state index in [0.717, 1.165) is 18.6 Å². The molecule has 16 heavy (non-hydrogen) atoms. The normalized spacial score (nSPS) is 12.5. The second kappa shape index (κ2) is 5.70. The molecule has 0 heterocycles. The zero-order valence-corrected chi connectivity index (χ0v) is 9.17. The summed E-state index contributed by atoms with van der Waals surface area (Å²) < 4.78 is 26.5. The highest BCUT2D eigenvalue weighted by Gasteiger charge is 2.17. The molecular formula is C12H15F2NO. The molecule has 1 aromatic rings. The fourth-order valence-electron chi connectivity index (χ4n) is 1.48. The fraction of sp³-hybridized carbons (Fsp3) is 0.417. The Kier molecular flexibility index (Phi) is 4.55. The molecule has 2 nitrogen and oxygen atoms in total. The first-order chi connectivity index (χ1) is 7.56. The van der Waals surface area contributed by atoms with Crippen molar-refractivity contribution in [3.05, 3.63) is 35.4 Å². The van der Waals surface area contributed by atoms with Crippen LogP contribution in [0.1, 0.15) is 25.3 Å². The molecule has 0 aromatic heterocycles. The highest BCUT2D eigenvalue weighted by Crippen LogP contribution is 2.14. The number of benzene rings is 1. The van der Waals surface area contributed by atoms with Gasteiger partial charge in [0, 0.05) is 12.0 Å². The van der Waals surface area contributed by atoms with Crippen molar-refractivity contribution >= 4 is 5.78 Å². The summed E-state index contributed by atoms with van der Waals surface area (Å²) >= 11 is 0. The zero-order chi connectivity index (χ0) is 12.1. The third-order valence-electron chi connectivity index (χ3n) is 2.43. The van der Waals surface area contributed by atoms with Gasteiger partial charge in [-0.1, -0.05) is 19.4 Å². The van der Waals surface area contributed by atoms with Gasteiger partial charge in [0.2, 0.25) is 0 Å². The maximum Gasteiger partial charge on any atom is 0.154 e. The van der Waals surface area contributed by atoms with E-state index in [9.17, 15) is 13.6 Å². The standard InChI is InChI=1S/C12H15F2NO/c1-2-4-11(15)12(16)7-8-9(13)5-3-6-10(8)14/h3,5-6,11H,2,4,7,15H2,1H3.